The molecule has 0 aliphatic carbocycles. The molecule has 0 saturated carbocycles. The highest BCUT2D eigenvalue weighted by atomic mass is 79.9. The Balaban J connectivity index is 1.51. The highest BCUT2D eigenvalue weighted by Gasteiger charge is 2.16. The lowest BCUT2D eigenvalue weighted by molar-refractivity contribution is 0.0733. The lowest BCUT2D eigenvalue weighted by atomic mass is 10.1. The van der Waals surface area contributed by atoms with Crippen LogP contribution in [0.15, 0.2) is 73.1 Å². The first-order valence-corrected chi connectivity index (χ1v) is 11.8. The zero-order chi connectivity index (χ0) is 22.7. The van der Waals surface area contributed by atoms with Gasteiger partial charge in [-0.3, -0.25) is 4.79 Å². The van der Waals surface area contributed by atoms with Gasteiger partial charge in [-0.15, -0.1) is 0 Å². The minimum atomic E-state index is -0.514. The van der Waals surface area contributed by atoms with Crippen molar-refractivity contribution >= 4 is 65.9 Å². The summed E-state index contributed by atoms with van der Waals surface area (Å²) in [5.41, 5.74) is 5.99. The molecule has 0 atom stereocenters. The predicted molar refractivity (Wildman–Crippen MR) is 131 cm³/mol. The van der Waals surface area contributed by atoms with Crippen LogP contribution in [0.1, 0.15) is 37.4 Å². The molecule has 4 rings (SSSR count). The molecule has 0 radical (unpaired) electrons. The van der Waals surface area contributed by atoms with E-state index in [4.69, 9.17) is 9.47 Å². The summed E-state index contributed by atoms with van der Waals surface area (Å²) in [6.07, 6.45) is 1.42. The lowest BCUT2D eigenvalue weighted by Crippen LogP contribution is -2.18. The van der Waals surface area contributed by atoms with Gasteiger partial charge in [-0.05, 0) is 75.6 Å². The van der Waals surface area contributed by atoms with Crippen LogP contribution in [0.3, 0.4) is 0 Å². The first-order chi connectivity index (χ1) is 15.4. The molecule has 3 aromatic rings. The highest BCUT2D eigenvalue weighted by Crippen LogP contribution is 2.33. The van der Waals surface area contributed by atoms with E-state index in [0.29, 0.717) is 34.4 Å². The van der Waals surface area contributed by atoms with E-state index in [2.05, 4.69) is 58.3 Å². The number of rotatable bonds is 5. The highest BCUT2D eigenvalue weighted by molar-refractivity contribution is 9.11. The van der Waals surface area contributed by atoms with Gasteiger partial charge in [0.1, 0.15) is 0 Å². The largest absolute Gasteiger partial charge is 0.421 e. The first-order valence-electron chi connectivity index (χ1n) is 9.40. The van der Waals surface area contributed by atoms with Crippen molar-refractivity contribution in [1.82, 2.24) is 5.43 Å². The second-order valence-corrected chi connectivity index (χ2v) is 9.56. The standard InChI is InChI=1S/C23H15Br3N2O4/c24-18-5-3-13(4-6-18)23(30)32-21-16(8-19(25)9-20(21)26)10-27-28-22(29)14-1-2-15-11-31-12-17(15)7-14/h1-10H,11-12H2,(H,28,29). The molecule has 3 aromatic carbocycles. The van der Waals surface area contributed by atoms with Crippen LogP contribution in [0.2, 0.25) is 0 Å². The van der Waals surface area contributed by atoms with E-state index in [-0.39, 0.29) is 11.7 Å². The minimum absolute atomic E-state index is 0.286. The fourth-order valence-corrected chi connectivity index (χ4v) is 4.66. The Kier molecular flexibility index (Phi) is 7.20. The van der Waals surface area contributed by atoms with Crippen molar-refractivity contribution in [2.75, 3.05) is 0 Å². The normalized spacial score (nSPS) is 12.6. The van der Waals surface area contributed by atoms with E-state index in [0.717, 1.165) is 20.1 Å². The zero-order valence-electron chi connectivity index (χ0n) is 16.4. The van der Waals surface area contributed by atoms with Crippen molar-refractivity contribution in [3.8, 4) is 5.75 Å². The molecular weight excluding hydrogens is 608 g/mol. The molecule has 1 amide bonds. The summed E-state index contributed by atoms with van der Waals surface area (Å²) in [7, 11) is 0. The minimum Gasteiger partial charge on any atom is -0.421 e. The van der Waals surface area contributed by atoms with Crippen LogP contribution in [0.25, 0.3) is 0 Å². The number of hydrazone groups is 1. The Hall–Kier alpha value is -2.33. The Bertz CT molecular complexity index is 1230. The maximum Gasteiger partial charge on any atom is 0.343 e. The maximum absolute atomic E-state index is 12.6. The van der Waals surface area contributed by atoms with Crippen molar-refractivity contribution in [3.05, 3.63) is 95.8 Å². The molecule has 0 fully saturated rings. The van der Waals surface area contributed by atoms with E-state index in [1.807, 2.05) is 6.07 Å². The Labute approximate surface area is 209 Å². The van der Waals surface area contributed by atoms with Crippen LogP contribution in [0, 0.1) is 0 Å². The van der Waals surface area contributed by atoms with Crippen molar-refractivity contribution in [3.63, 3.8) is 0 Å². The number of benzene rings is 3. The second-order valence-electron chi connectivity index (χ2n) is 6.88. The summed E-state index contributed by atoms with van der Waals surface area (Å²) in [4.78, 5) is 25.1. The van der Waals surface area contributed by atoms with E-state index < -0.39 is 5.97 Å². The van der Waals surface area contributed by atoms with Crippen LogP contribution in [0.5, 0.6) is 5.75 Å². The average Bonchev–Trinajstić information content (AvgIpc) is 3.24. The average molecular weight is 623 g/mol. The molecule has 1 aliphatic heterocycles. The molecule has 1 N–H and O–H groups in total. The summed E-state index contributed by atoms with van der Waals surface area (Å²) < 4.78 is 13.2. The van der Waals surface area contributed by atoms with Gasteiger partial charge < -0.3 is 9.47 Å². The number of carbonyl (C=O) groups is 2. The monoisotopic (exact) mass is 620 g/mol. The van der Waals surface area contributed by atoms with Crippen LogP contribution < -0.4 is 10.2 Å². The van der Waals surface area contributed by atoms with Crippen LogP contribution in [-0.4, -0.2) is 18.1 Å². The molecule has 162 valence electrons. The van der Waals surface area contributed by atoms with Crippen LogP contribution >= 0.6 is 47.8 Å². The number of halogens is 3. The summed E-state index contributed by atoms with van der Waals surface area (Å²) in [6.45, 7) is 1.06. The molecular formula is C23H15Br3N2O4. The van der Waals surface area contributed by atoms with Crippen LogP contribution in [-0.2, 0) is 18.0 Å². The molecule has 0 bridgehead atoms. The van der Waals surface area contributed by atoms with E-state index in [9.17, 15) is 9.59 Å². The number of nitrogens with one attached hydrogen (secondary N) is 1. The number of hydrogen-bond donors (Lipinski definition) is 1. The maximum atomic E-state index is 12.6. The Morgan fingerprint density at radius 2 is 1.62 bits per heavy atom. The van der Waals surface area contributed by atoms with Gasteiger partial charge in [0.25, 0.3) is 5.91 Å². The van der Waals surface area contributed by atoms with E-state index >= 15 is 0 Å². The zero-order valence-corrected chi connectivity index (χ0v) is 21.2. The third kappa shape index (κ3) is 5.35. The molecule has 0 aromatic heterocycles. The fraction of sp³-hybridized carbons (Fsp3) is 0.0870. The number of nitrogens with zero attached hydrogens (tertiary/aromatic N) is 1. The van der Waals surface area contributed by atoms with Gasteiger partial charge in [0.05, 0.1) is 29.5 Å². The third-order valence-corrected chi connectivity index (χ3v) is 6.24. The smallest absolute Gasteiger partial charge is 0.343 e. The van der Waals surface area contributed by atoms with Crippen LogP contribution in [0.4, 0.5) is 0 Å². The molecule has 1 heterocycles. The summed E-state index contributed by atoms with van der Waals surface area (Å²) in [5.74, 6) is -0.577. The molecule has 9 heteroatoms. The molecule has 32 heavy (non-hydrogen) atoms. The van der Waals surface area contributed by atoms with Crippen molar-refractivity contribution in [1.29, 1.82) is 0 Å². The Morgan fingerprint density at radius 1 is 0.906 bits per heavy atom. The second kappa shape index (κ2) is 10.1. The molecule has 6 nitrogen and oxygen atoms in total. The van der Waals surface area contributed by atoms with Gasteiger partial charge in [-0.25, -0.2) is 10.2 Å². The van der Waals surface area contributed by atoms with Gasteiger partial charge in [-0.1, -0.05) is 37.9 Å². The van der Waals surface area contributed by atoms with Crippen molar-refractivity contribution < 1.29 is 19.1 Å². The summed E-state index contributed by atoms with van der Waals surface area (Å²) in [5, 5.41) is 4.05. The first kappa shape index (κ1) is 22.8. The third-order valence-electron chi connectivity index (χ3n) is 4.67. The topological polar surface area (TPSA) is 77.0 Å². The van der Waals surface area contributed by atoms with Gasteiger partial charge in [0, 0.05) is 20.1 Å². The molecule has 0 saturated heterocycles. The molecule has 0 spiro atoms. The van der Waals surface area contributed by atoms with Gasteiger partial charge in [0.15, 0.2) is 5.75 Å². The number of esters is 1. The SMILES string of the molecule is O=C(NN=Cc1cc(Br)cc(Br)c1OC(=O)c1ccc(Br)cc1)c1ccc2c(c1)COC2. The fourth-order valence-electron chi connectivity index (χ4n) is 3.06. The molecule has 1 aliphatic rings. The van der Waals surface area contributed by atoms with Gasteiger partial charge in [0.2, 0.25) is 0 Å². The van der Waals surface area contributed by atoms with E-state index in [1.54, 1.807) is 48.5 Å². The number of ether oxygens (including phenoxy) is 2. The summed E-state index contributed by atoms with van der Waals surface area (Å²) >= 11 is 10.2. The molecule has 0 unspecified atom stereocenters. The Morgan fingerprint density at radius 3 is 2.41 bits per heavy atom. The van der Waals surface area contributed by atoms with E-state index in [1.165, 1.54) is 6.21 Å². The van der Waals surface area contributed by atoms with Crippen molar-refractivity contribution in [2.24, 2.45) is 5.10 Å². The lowest BCUT2D eigenvalue weighted by Gasteiger charge is -2.10. The summed E-state index contributed by atoms with van der Waals surface area (Å²) in [6, 6.07) is 15.7. The van der Waals surface area contributed by atoms with Gasteiger partial charge in [-0.2, -0.15) is 5.10 Å². The number of amides is 1. The van der Waals surface area contributed by atoms with Crippen molar-refractivity contribution in [2.45, 2.75) is 13.2 Å². The van der Waals surface area contributed by atoms with Gasteiger partial charge >= 0.3 is 5.97 Å². The number of fused-ring (bicyclic) bond motifs is 1. The number of hydrogen-bond acceptors (Lipinski definition) is 5. The predicted octanol–water partition coefficient (Wildman–Crippen LogP) is 5.99. The quantitative estimate of drug-likeness (QED) is 0.164. The number of carbonyl (C=O) groups excluding carboxylic acids is 2.